The molecule has 0 amide bonds. The van der Waals surface area contributed by atoms with Crippen molar-refractivity contribution in [2.75, 3.05) is 0 Å². The van der Waals surface area contributed by atoms with Crippen molar-refractivity contribution in [3.05, 3.63) is 107 Å². The van der Waals surface area contributed by atoms with Gasteiger partial charge in [-0.15, -0.1) is 0 Å². The van der Waals surface area contributed by atoms with Gasteiger partial charge in [0.15, 0.2) is 0 Å². The monoisotopic (exact) mass is 470 g/mol. The molecule has 0 nitrogen and oxygen atoms in total. The third-order valence-corrected chi connectivity index (χ3v) is 10.1. The summed E-state index contributed by atoms with van der Waals surface area (Å²) in [7, 11) is 0. The standard InChI is InChI=1S/2C12H11.2ClH.Zr/c2*1-2-5-10-8-11-6-3-4-7-12(11)9-10;;;/h2*2-4,6-9H,1,5H2;2*1H;/q;;;;+2/p-2. The van der Waals surface area contributed by atoms with Crippen LogP contribution in [0.1, 0.15) is 42.3 Å². The van der Waals surface area contributed by atoms with E-state index in [9.17, 15) is 0 Å². The Labute approximate surface area is 186 Å². The van der Waals surface area contributed by atoms with Gasteiger partial charge in [0.1, 0.15) is 0 Å². The van der Waals surface area contributed by atoms with Crippen LogP contribution in [-0.2, 0) is 23.2 Å². The third kappa shape index (κ3) is 4.32. The van der Waals surface area contributed by atoms with E-state index in [4.69, 9.17) is 0 Å². The number of hydrogen-bond donors (Lipinski definition) is 0. The third-order valence-electron chi connectivity index (χ3n) is 5.13. The van der Waals surface area contributed by atoms with Crippen molar-refractivity contribution in [2.24, 2.45) is 0 Å². The van der Waals surface area contributed by atoms with Gasteiger partial charge in [-0.05, 0) is 0 Å². The average molecular weight is 473 g/mol. The van der Waals surface area contributed by atoms with E-state index in [1.54, 1.807) is 22.3 Å². The van der Waals surface area contributed by atoms with E-state index >= 15 is 0 Å². The molecular weight excluding hydrogens is 450 g/mol. The molecule has 0 saturated carbocycles. The Kier molecular flexibility index (Phi) is 8.10. The predicted octanol–water partition coefficient (Wildman–Crippen LogP) is 0.506. The number of benzene rings is 2. The van der Waals surface area contributed by atoms with Crippen molar-refractivity contribution in [1.82, 2.24) is 0 Å². The van der Waals surface area contributed by atoms with Crippen LogP contribution in [0.4, 0.5) is 0 Å². The van der Waals surface area contributed by atoms with Gasteiger partial charge in [-0.25, -0.2) is 0 Å². The van der Waals surface area contributed by atoms with Crippen molar-refractivity contribution in [3.63, 3.8) is 0 Å². The van der Waals surface area contributed by atoms with Crippen LogP contribution >= 0.6 is 0 Å². The van der Waals surface area contributed by atoms with E-state index in [0.717, 1.165) is 12.8 Å². The average Bonchev–Trinajstić information content (AvgIpc) is 3.15. The van der Waals surface area contributed by atoms with E-state index in [0.29, 0.717) is 7.25 Å². The normalized spacial score (nSPS) is 18.7. The SMILES string of the molecule is C=CCC1=Cc2ccccc2[CH]1[Zr+2][CH]1C(CC=C)=Cc2ccccc21.[Cl-].[Cl-]. The van der Waals surface area contributed by atoms with Gasteiger partial charge in [-0.2, -0.15) is 0 Å². The summed E-state index contributed by atoms with van der Waals surface area (Å²) in [6.45, 7) is 7.97. The fraction of sp³-hybridized carbons (Fsp3) is 0.167. The van der Waals surface area contributed by atoms with E-state index in [-0.39, 0.29) is 24.8 Å². The first-order chi connectivity index (χ1) is 12.3. The van der Waals surface area contributed by atoms with E-state index in [2.05, 4.69) is 86.0 Å². The van der Waals surface area contributed by atoms with Crippen LogP contribution in [0, 0.1) is 0 Å². The summed E-state index contributed by atoms with van der Waals surface area (Å²) >= 11 is -0.769. The zero-order valence-corrected chi connectivity index (χ0v) is 19.1. The molecule has 0 saturated heterocycles. The molecule has 27 heavy (non-hydrogen) atoms. The van der Waals surface area contributed by atoms with Crippen molar-refractivity contribution < 1.29 is 48.0 Å². The molecule has 0 aliphatic heterocycles. The zero-order valence-electron chi connectivity index (χ0n) is 15.2. The molecule has 3 heteroatoms. The maximum atomic E-state index is 3.99. The molecule has 2 aromatic carbocycles. The molecule has 0 aromatic heterocycles. The minimum atomic E-state index is -0.769. The molecule has 0 N–H and O–H groups in total. The summed E-state index contributed by atoms with van der Waals surface area (Å²) in [5.41, 5.74) is 9.09. The molecule has 2 aromatic rings. The van der Waals surface area contributed by atoms with Gasteiger partial charge < -0.3 is 24.8 Å². The predicted molar refractivity (Wildman–Crippen MR) is 104 cm³/mol. The molecule has 4 rings (SSSR count). The molecule has 0 bridgehead atoms. The molecule has 136 valence electrons. The minimum absolute atomic E-state index is 0. The van der Waals surface area contributed by atoms with E-state index < -0.39 is 23.2 Å². The molecule has 0 radical (unpaired) electrons. The minimum Gasteiger partial charge on any atom is -1.00 e. The number of fused-ring (bicyclic) bond motifs is 2. The van der Waals surface area contributed by atoms with E-state index in [1.165, 1.54) is 11.1 Å². The summed E-state index contributed by atoms with van der Waals surface area (Å²) in [4.78, 5) is 0. The maximum absolute atomic E-state index is 3.99. The Balaban J connectivity index is 0.00000131. The summed E-state index contributed by atoms with van der Waals surface area (Å²) in [5, 5.41) is 0. The van der Waals surface area contributed by atoms with Gasteiger partial charge in [0.2, 0.25) is 0 Å². The van der Waals surface area contributed by atoms with Gasteiger partial charge >= 0.3 is 163 Å². The Morgan fingerprint density at radius 2 is 1.11 bits per heavy atom. The van der Waals surface area contributed by atoms with Crippen molar-refractivity contribution in [1.29, 1.82) is 0 Å². The van der Waals surface area contributed by atoms with Crippen LogP contribution in [0.15, 0.2) is 85.0 Å². The second kappa shape index (κ2) is 9.88. The number of allylic oxidation sites excluding steroid dienone is 4. The summed E-state index contributed by atoms with van der Waals surface area (Å²) in [5.74, 6) is 0. The Morgan fingerprint density at radius 1 is 0.704 bits per heavy atom. The molecule has 2 unspecified atom stereocenters. The van der Waals surface area contributed by atoms with Crippen LogP contribution in [-0.4, -0.2) is 0 Å². The van der Waals surface area contributed by atoms with Gasteiger partial charge in [-0.3, -0.25) is 0 Å². The number of halogens is 2. The molecule has 2 aliphatic rings. The molecule has 2 atom stereocenters. The fourth-order valence-corrected chi connectivity index (χ4v) is 9.06. The van der Waals surface area contributed by atoms with Gasteiger partial charge in [0.25, 0.3) is 0 Å². The maximum Gasteiger partial charge on any atom is -1.00 e. The van der Waals surface area contributed by atoms with Crippen LogP contribution in [0.2, 0.25) is 0 Å². The van der Waals surface area contributed by atoms with E-state index in [1.807, 2.05) is 0 Å². The Hall–Kier alpha value is -1.14. The van der Waals surface area contributed by atoms with Crippen LogP contribution in [0.25, 0.3) is 12.2 Å². The van der Waals surface area contributed by atoms with Gasteiger partial charge in [-0.1, -0.05) is 0 Å². The van der Waals surface area contributed by atoms with Crippen LogP contribution < -0.4 is 24.8 Å². The van der Waals surface area contributed by atoms with Crippen molar-refractivity contribution in [3.8, 4) is 0 Å². The number of hydrogen-bond acceptors (Lipinski definition) is 0. The zero-order chi connectivity index (χ0) is 17.2. The second-order valence-electron chi connectivity index (χ2n) is 6.71. The van der Waals surface area contributed by atoms with Gasteiger partial charge in [0, 0.05) is 0 Å². The van der Waals surface area contributed by atoms with Crippen molar-refractivity contribution >= 4 is 12.2 Å². The molecule has 0 heterocycles. The molecule has 0 spiro atoms. The Morgan fingerprint density at radius 3 is 1.52 bits per heavy atom. The molecular formula is C24H22Cl2Zr. The summed E-state index contributed by atoms with van der Waals surface area (Å²) < 4.78 is 1.31. The summed E-state index contributed by atoms with van der Waals surface area (Å²) in [6.07, 6.45) is 11.0. The molecule has 2 aliphatic carbocycles. The van der Waals surface area contributed by atoms with Crippen molar-refractivity contribution in [2.45, 2.75) is 20.1 Å². The number of rotatable bonds is 6. The quantitative estimate of drug-likeness (QED) is 0.538. The smallest absolute Gasteiger partial charge is 1.00 e. The first-order valence-corrected chi connectivity index (χ1v) is 11.7. The second-order valence-corrected chi connectivity index (χ2v) is 10.4. The Bertz CT molecular complexity index is 821. The van der Waals surface area contributed by atoms with Crippen LogP contribution in [0.5, 0.6) is 0 Å². The fourth-order valence-electron chi connectivity index (χ4n) is 4.02. The topological polar surface area (TPSA) is 0 Å². The van der Waals surface area contributed by atoms with Crippen LogP contribution in [0.3, 0.4) is 0 Å². The summed E-state index contributed by atoms with van der Waals surface area (Å²) in [6, 6.07) is 17.9. The first-order valence-electron chi connectivity index (χ1n) is 8.88. The first kappa shape index (κ1) is 22.2. The molecule has 0 fully saturated rings. The largest absolute Gasteiger partial charge is 1.00 e. The van der Waals surface area contributed by atoms with Gasteiger partial charge in [0.05, 0.1) is 0 Å².